The van der Waals surface area contributed by atoms with Gasteiger partial charge in [-0.25, -0.2) is 0 Å². The van der Waals surface area contributed by atoms with Crippen LogP contribution in [0.1, 0.15) is 42.5 Å². The van der Waals surface area contributed by atoms with Gasteiger partial charge in [0.05, 0.1) is 16.5 Å². The number of benzene rings is 2. The lowest BCUT2D eigenvalue weighted by molar-refractivity contribution is 0.0890. The molecule has 0 spiro atoms. The largest absolute Gasteiger partial charge is 0.341 e. The van der Waals surface area contributed by atoms with Crippen molar-refractivity contribution in [2.24, 2.45) is 5.92 Å². The van der Waals surface area contributed by atoms with Crippen molar-refractivity contribution < 1.29 is 4.79 Å². The maximum atomic E-state index is 13.6. The Morgan fingerprint density at radius 1 is 0.906 bits per heavy atom. The number of anilines is 2. The number of fused-ring (bicyclic) bond motifs is 1. The lowest BCUT2D eigenvalue weighted by atomic mass is 9.84. The number of carbonyl (C=O) groups is 1. The standard InChI is InChI=1S/C27H25N3O2/c31-24-16-25(29-20-12-6-2-7-13-20)30(21-14-8-3-9-15-21)26-22(24)17-28-18-23(26)27(32)19-10-4-1-5-11-19/h2-3,6-9,12-19,29H,1,4-5,10-11H2. The molecule has 32 heavy (non-hydrogen) atoms. The Kier molecular flexibility index (Phi) is 5.55. The summed E-state index contributed by atoms with van der Waals surface area (Å²) in [5, 5.41) is 3.83. The van der Waals surface area contributed by atoms with Gasteiger partial charge in [-0.1, -0.05) is 55.7 Å². The van der Waals surface area contributed by atoms with E-state index in [9.17, 15) is 9.59 Å². The fourth-order valence-corrected chi connectivity index (χ4v) is 4.63. The second kappa shape index (κ2) is 8.79. The smallest absolute Gasteiger partial charge is 0.193 e. The van der Waals surface area contributed by atoms with E-state index < -0.39 is 0 Å². The van der Waals surface area contributed by atoms with Crippen molar-refractivity contribution in [1.29, 1.82) is 0 Å². The van der Waals surface area contributed by atoms with E-state index in [0.29, 0.717) is 22.3 Å². The Balaban J connectivity index is 1.77. The van der Waals surface area contributed by atoms with Crippen LogP contribution in [0.25, 0.3) is 16.6 Å². The van der Waals surface area contributed by atoms with Gasteiger partial charge in [-0.05, 0) is 37.1 Å². The van der Waals surface area contributed by atoms with Crippen LogP contribution in [-0.4, -0.2) is 15.3 Å². The van der Waals surface area contributed by atoms with Crippen LogP contribution in [0.4, 0.5) is 11.5 Å². The molecule has 160 valence electrons. The van der Waals surface area contributed by atoms with Gasteiger partial charge in [0.1, 0.15) is 5.82 Å². The second-order valence-electron chi connectivity index (χ2n) is 8.34. The zero-order valence-corrected chi connectivity index (χ0v) is 17.8. The molecule has 2 aromatic heterocycles. The summed E-state index contributed by atoms with van der Waals surface area (Å²) in [6.45, 7) is 0. The molecule has 0 unspecified atom stereocenters. The van der Waals surface area contributed by atoms with Gasteiger partial charge < -0.3 is 5.32 Å². The van der Waals surface area contributed by atoms with E-state index in [1.165, 1.54) is 6.42 Å². The minimum Gasteiger partial charge on any atom is -0.341 e. The number of nitrogens with one attached hydrogen (secondary N) is 1. The van der Waals surface area contributed by atoms with E-state index in [1.54, 1.807) is 18.5 Å². The van der Waals surface area contributed by atoms with Gasteiger partial charge in [-0.15, -0.1) is 0 Å². The Bertz CT molecular complexity index is 1310. The van der Waals surface area contributed by atoms with E-state index in [-0.39, 0.29) is 17.1 Å². The van der Waals surface area contributed by atoms with Crippen molar-refractivity contribution in [3.63, 3.8) is 0 Å². The molecule has 1 saturated carbocycles. The zero-order valence-electron chi connectivity index (χ0n) is 17.8. The number of ketones is 1. The van der Waals surface area contributed by atoms with Crippen LogP contribution in [-0.2, 0) is 0 Å². The lowest BCUT2D eigenvalue weighted by Gasteiger charge is -2.23. The summed E-state index contributed by atoms with van der Waals surface area (Å²) in [5.41, 5.74) is 2.72. The maximum absolute atomic E-state index is 13.6. The van der Waals surface area contributed by atoms with Crippen LogP contribution in [0.5, 0.6) is 0 Å². The summed E-state index contributed by atoms with van der Waals surface area (Å²) in [5.74, 6) is 0.689. The molecule has 0 atom stereocenters. The highest BCUT2D eigenvalue weighted by Gasteiger charge is 2.26. The summed E-state index contributed by atoms with van der Waals surface area (Å²) in [6, 6.07) is 21.1. The van der Waals surface area contributed by atoms with Crippen molar-refractivity contribution >= 4 is 28.2 Å². The Labute approximate surface area is 186 Å². The number of hydrogen-bond acceptors (Lipinski definition) is 4. The molecule has 5 heteroatoms. The molecule has 0 amide bonds. The predicted octanol–water partition coefficient (Wildman–Crippen LogP) is 5.89. The summed E-state index contributed by atoms with van der Waals surface area (Å²) in [7, 11) is 0. The minimum absolute atomic E-state index is 0.0128. The first-order valence-corrected chi connectivity index (χ1v) is 11.2. The molecule has 1 fully saturated rings. The molecule has 5 rings (SSSR count). The molecule has 0 bridgehead atoms. The molecule has 2 aromatic carbocycles. The molecule has 1 aliphatic rings. The third-order valence-electron chi connectivity index (χ3n) is 6.22. The molecule has 2 heterocycles. The van der Waals surface area contributed by atoms with Gasteiger partial charge in [0.15, 0.2) is 11.2 Å². The van der Waals surface area contributed by atoms with Gasteiger partial charge in [0, 0.05) is 35.8 Å². The minimum atomic E-state index is -0.156. The van der Waals surface area contributed by atoms with E-state index in [2.05, 4.69) is 10.3 Å². The summed E-state index contributed by atoms with van der Waals surface area (Å²) < 4.78 is 1.97. The van der Waals surface area contributed by atoms with Gasteiger partial charge in [0.25, 0.3) is 0 Å². The number of carbonyl (C=O) groups excluding carboxylic acids is 1. The normalized spacial score (nSPS) is 14.4. The fourth-order valence-electron chi connectivity index (χ4n) is 4.63. The molecule has 0 radical (unpaired) electrons. The average Bonchev–Trinajstić information content (AvgIpc) is 2.85. The van der Waals surface area contributed by atoms with Crippen LogP contribution in [0, 0.1) is 5.92 Å². The van der Waals surface area contributed by atoms with Crippen LogP contribution < -0.4 is 10.7 Å². The van der Waals surface area contributed by atoms with E-state index in [0.717, 1.165) is 37.1 Å². The van der Waals surface area contributed by atoms with Gasteiger partial charge in [0.2, 0.25) is 0 Å². The quantitative estimate of drug-likeness (QED) is 0.406. The molecule has 1 N–H and O–H groups in total. The van der Waals surface area contributed by atoms with Crippen molar-refractivity contribution in [1.82, 2.24) is 9.55 Å². The molecule has 0 aliphatic heterocycles. The van der Waals surface area contributed by atoms with Crippen molar-refractivity contribution in [3.05, 3.63) is 94.9 Å². The number of aromatic nitrogens is 2. The molecule has 1 aliphatic carbocycles. The highest BCUT2D eigenvalue weighted by molar-refractivity contribution is 6.08. The highest BCUT2D eigenvalue weighted by Crippen LogP contribution is 2.31. The molecule has 4 aromatic rings. The third-order valence-corrected chi connectivity index (χ3v) is 6.22. The number of Topliss-reactive ketones (excluding diaryl/α,β-unsaturated/α-hetero) is 1. The Morgan fingerprint density at radius 2 is 1.59 bits per heavy atom. The average molecular weight is 424 g/mol. The number of nitrogens with zero attached hydrogens (tertiary/aromatic N) is 2. The highest BCUT2D eigenvalue weighted by atomic mass is 16.1. The molecule has 5 nitrogen and oxygen atoms in total. The van der Waals surface area contributed by atoms with Crippen LogP contribution in [0.2, 0.25) is 0 Å². The lowest BCUT2D eigenvalue weighted by Crippen LogP contribution is -2.21. The number of hydrogen-bond donors (Lipinski definition) is 1. The third kappa shape index (κ3) is 3.82. The molecule has 0 saturated heterocycles. The van der Waals surface area contributed by atoms with Crippen molar-refractivity contribution in [3.8, 4) is 5.69 Å². The van der Waals surface area contributed by atoms with Gasteiger partial charge >= 0.3 is 0 Å². The molecular formula is C27H25N3O2. The van der Waals surface area contributed by atoms with Crippen LogP contribution >= 0.6 is 0 Å². The SMILES string of the molecule is O=C(c1cncc2c(=O)cc(Nc3ccccc3)n(-c3ccccc3)c12)C1CCCCC1. The van der Waals surface area contributed by atoms with Gasteiger partial charge in [-0.3, -0.25) is 19.1 Å². The summed E-state index contributed by atoms with van der Waals surface area (Å²) >= 11 is 0. The van der Waals surface area contributed by atoms with Gasteiger partial charge in [-0.2, -0.15) is 0 Å². The topological polar surface area (TPSA) is 64.0 Å². The first-order valence-electron chi connectivity index (χ1n) is 11.2. The van der Waals surface area contributed by atoms with E-state index in [4.69, 9.17) is 0 Å². The zero-order chi connectivity index (χ0) is 21.9. The van der Waals surface area contributed by atoms with Crippen molar-refractivity contribution in [2.75, 3.05) is 5.32 Å². The Hall–Kier alpha value is -3.73. The number of para-hydroxylation sites is 2. The number of rotatable bonds is 5. The summed E-state index contributed by atoms with van der Waals surface area (Å²) in [4.78, 5) is 31.0. The predicted molar refractivity (Wildman–Crippen MR) is 128 cm³/mol. The van der Waals surface area contributed by atoms with Crippen molar-refractivity contribution in [2.45, 2.75) is 32.1 Å². The number of pyridine rings is 2. The molecular weight excluding hydrogens is 398 g/mol. The van der Waals surface area contributed by atoms with E-state index >= 15 is 0 Å². The van der Waals surface area contributed by atoms with Crippen LogP contribution in [0.3, 0.4) is 0 Å². The first kappa shape index (κ1) is 20.2. The monoisotopic (exact) mass is 423 g/mol. The summed E-state index contributed by atoms with van der Waals surface area (Å²) in [6.07, 6.45) is 8.31. The van der Waals surface area contributed by atoms with Crippen LogP contribution in [0.15, 0.2) is 83.9 Å². The second-order valence-corrected chi connectivity index (χ2v) is 8.34. The fraction of sp³-hybridized carbons (Fsp3) is 0.222. The first-order chi connectivity index (χ1) is 15.7. The Morgan fingerprint density at radius 3 is 2.31 bits per heavy atom. The van der Waals surface area contributed by atoms with E-state index in [1.807, 2.05) is 65.2 Å². The maximum Gasteiger partial charge on any atom is 0.193 e.